The van der Waals surface area contributed by atoms with E-state index in [-0.39, 0.29) is 11.9 Å². The summed E-state index contributed by atoms with van der Waals surface area (Å²) in [4.78, 5) is 19.5. The Hall–Kier alpha value is -4.00. The minimum absolute atomic E-state index is 0.0669. The summed E-state index contributed by atoms with van der Waals surface area (Å²) in [6, 6.07) is 15.4. The maximum Gasteiger partial charge on any atom is 0.256 e. The Bertz CT molecular complexity index is 1370. The van der Waals surface area contributed by atoms with Gasteiger partial charge >= 0.3 is 0 Å². The summed E-state index contributed by atoms with van der Waals surface area (Å²) in [6.07, 6.45) is 5.58. The molecule has 7 heteroatoms. The zero-order chi connectivity index (χ0) is 26.6. The Labute approximate surface area is 224 Å². The highest BCUT2D eigenvalue weighted by molar-refractivity contribution is 6.03. The molecule has 5 rings (SSSR count). The molecule has 1 atom stereocenters. The fourth-order valence-electron chi connectivity index (χ4n) is 4.82. The van der Waals surface area contributed by atoms with Crippen LogP contribution in [0.4, 0.5) is 11.4 Å². The number of carbonyl (C=O) groups is 1. The number of nitrogen functional groups attached to an aromatic ring is 1. The lowest BCUT2D eigenvalue weighted by Crippen LogP contribution is -2.35. The number of nitrogens with two attached hydrogens (primary N) is 1. The van der Waals surface area contributed by atoms with E-state index in [1.807, 2.05) is 60.5 Å². The van der Waals surface area contributed by atoms with Crippen molar-refractivity contribution in [1.82, 2.24) is 4.90 Å². The Morgan fingerprint density at radius 1 is 0.895 bits per heavy atom. The van der Waals surface area contributed by atoms with Gasteiger partial charge < -0.3 is 24.8 Å². The van der Waals surface area contributed by atoms with Gasteiger partial charge in [0.25, 0.3) is 5.91 Å². The van der Waals surface area contributed by atoms with Gasteiger partial charge in [0.1, 0.15) is 17.2 Å². The zero-order valence-corrected chi connectivity index (χ0v) is 22.3. The SMILES string of the molecule is Cc1ccc(Oc2ccc(OCCCCOc3cc4c(cc3C)C(=O)N3CCC[C@H]3C=N4)cc2N)cc1C. The van der Waals surface area contributed by atoms with E-state index in [1.165, 1.54) is 11.1 Å². The maximum absolute atomic E-state index is 13.0. The van der Waals surface area contributed by atoms with Crippen LogP contribution in [-0.4, -0.2) is 42.8 Å². The van der Waals surface area contributed by atoms with Gasteiger partial charge in [-0.1, -0.05) is 6.07 Å². The molecule has 0 bridgehead atoms. The largest absolute Gasteiger partial charge is 0.494 e. The van der Waals surface area contributed by atoms with E-state index in [9.17, 15) is 4.79 Å². The molecule has 2 N–H and O–H groups in total. The van der Waals surface area contributed by atoms with Crippen molar-refractivity contribution < 1.29 is 19.0 Å². The molecule has 1 amide bonds. The average Bonchev–Trinajstić information content (AvgIpc) is 3.33. The van der Waals surface area contributed by atoms with Gasteiger partial charge in [0.2, 0.25) is 0 Å². The predicted molar refractivity (Wildman–Crippen MR) is 150 cm³/mol. The molecular formula is C31H35N3O4. The number of benzene rings is 3. The standard InChI is InChI=1S/C31H35N3O4/c1-20-8-9-25(15-21(20)2)38-29-11-10-24(17-27(29)32)36-13-4-5-14-37-30-18-28-26(16-22(30)3)31(35)34-12-6-7-23(34)19-33-28/h8-11,15-19,23H,4-7,12-14,32H2,1-3H3/t23-/m0/s1. The van der Waals surface area contributed by atoms with Gasteiger partial charge in [-0.2, -0.15) is 0 Å². The highest BCUT2D eigenvalue weighted by atomic mass is 16.5. The normalized spacial score (nSPS) is 16.1. The number of nitrogens with zero attached hydrogens (tertiary/aromatic N) is 2. The molecule has 0 aliphatic carbocycles. The van der Waals surface area contributed by atoms with Crippen molar-refractivity contribution in [3.8, 4) is 23.0 Å². The Balaban J connectivity index is 1.09. The van der Waals surface area contributed by atoms with Crippen LogP contribution in [0.3, 0.4) is 0 Å². The minimum atomic E-state index is 0.0669. The smallest absolute Gasteiger partial charge is 0.256 e. The second-order valence-electron chi connectivity index (χ2n) is 10.1. The van der Waals surface area contributed by atoms with E-state index in [0.29, 0.717) is 41.7 Å². The second-order valence-corrected chi connectivity index (χ2v) is 10.1. The van der Waals surface area contributed by atoms with Crippen LogP contribution in [0.1, 0.15) is 52.7 Å². The number of amides is 1. The molecule has 2 heterocycles. The van der Waals surface area contributed by atoms with Crippen molar-refractivity contribution in [2.75, 3.05) is 25.5 Å². The number of aryl methyl sites for hydroxylation is 3. The summed E-state index contributed by atoms with van der Waals surface area (Å²) in [5.74, 6) is 2.91. The first-order valence-electron chi connectivity index (χ1n) is 13.3. The van der Waals surface area contributed by atoms with Gasteiger partial charge in [-0.25, -0.2) is 0 Å². The van der Waals surface area contributed by atoms with Gasteiger partial charge in [0.15, 0.2) is 5.75 Å². The van der Waals surface area contributed by atoms with Gasteiger partial charge in [0, 0.05) is 24.9 Å². The van der Waals surface area contributed by atoms with Crippen LogP contribution in [-0.2, 0) is 0 Å². The number of aliphatic imine (C=N–C) groups is 1. The summed E-state index contributed by atoms with van der Waals surface area (Å²) >= 11 is 0. The van der Waals surface area contributed by atoms with Crippen LogP contribution in [0.15, 0.2) is 53.5 Å². The fourth-order valence-corrected chi connectivity index (χ4v) is 4.82. The van der Waals surface area contributed by atoms with Crippen LogP contribution in [0, 0.1) is 20.8 Å². The van der Waals surface area contributed by atoms with E-state index in [4.69, 9.17) is 19.9 Å². The quantitative estimate of drug-likeness (QED) is 0.259. The average molecular weight is 514 g/mol. The van der Waals surface area contributed by atoms with E-state index in [2.05, 4.69) is 18.8 Å². The third kappa shape index (κ3) is 5.62. The molecule has 2 aliphatic rings. The van der Waals surface area contributed by atoms with Crippen molar-refractivity contribution in [2.45, 2.75) is 52.5 Å². The van der Waals surface area contributed by atoms with E-state index in [1.54, 1.807) is 6.07 Å². The van der Waals surface area contributed by atoms with Crippen LogP contribution in [0.5, 0.6) is 23.0 Å². The molecule has 0 spiro atoms. The number of hydrogen-bond donors (Lipinski definition) is 1. The van der Waals surface area contributed by atoms with Crippen LogP contribution >= 0.6 is 0 Å². The summed E-state index contributed by atoms with van der Waals surface area (Å²) in [7, 11) is 0. The zero-order valence-electron chi connectivity index (χ0n) is 22.3. The number of unbranched alkanes of at least 4 members (excludes halogenated alkanes) is 1. The summed E-state index contributed by atoms with van der Waals surface area (Å²) < 4.78 is 17.9. The summed E-state index contributed by atoms with van der Waals surface area (Å²) in [5, 5.41) is 0. The highest BCUT2D eigenvalue weighted by Crippen LogP contribution is 2.34. The van der Waals surface area contributed by atoms with Crippen molar-refractivity contribution in [3.05, 3.63) is 70.8 Å². The lowest BCUT2D eigenvalue weighted by molar-refractivity contribution is 0.0774. The first-order chi connectivity index (χ1) is 18.4. The third-order valence-electron chi connectivity index (χ3n) is 7.22. The molecular weight excluding hydrogens is 478 g/mol. The molecule has 1 saturated heterocycles. The molecule has 7 nitrogen and oxygen atoms in total. The highest BCUT2D eigenvalue weighted by Gasteiger charge is 2.32. The first kappa shape index (κ1) is 25.6. The van der Waals surface area contributed by atoms with Crippen molar-refractivity contribution in [3.63, 3.8) is 0 Å². The van der Waals surface area contributed by atoms with E-state index in [0.717, 1.165) is 49.3 Å². The summed E-state index contributed by atoms with van der Waals surface area (Å²) in [6.45, 7) is 8.01. The van der Waals surface area contributed by atoms with Gasteiger partial charge in [-0.05, 0) is 93.5 Å². The summed E-state index contributed by atoms with van der Waals surface area (Å²) in [5.41, 5.74) is 11.4. The van der Waals surface area contributed by atoms with Crippen molar-refractivity contribution in [2.24, 2.45) is 4.99 Å². The van der Waals surface area contributed by atoms with Gasteiger partial charge in [-0.15, -0.1) is 0 Å². The first-order valence-corrected chi connectivity index (χ1v) is 13.3. The molecule has 2 aliphatic heterocycles. The van der Waals surface area contributed by atoms with Crippen LogP contribution in [0.2, 0.25) is 0 Å². The minimum Gasteiger partial charge on any atom is -0.494 e. The lowest BCUT2D eigenvalue weighted by atomic mass is 10.1. The predicted octanol–water partition coefficient (Wildman–Crippen LogP) is 6.54. The maximum atomic E-state index is 13.0. The van der Waals surface area contributed by atoms with Gasteiger partial charge in [-0.3, -0.25) is 9.79 Å². The fraction of sp³-hybridized carbons (Fsp3) is 0.355. The third-order valence-corrected chi connectivity index (χ3v) is 7.22. The van der Waals surface area contributed by atoms with Crippen LogP contribution in [0.25, 0.3) is 0 Å². The van der Waals surface area contributed by atoms with Crippen molar-refractivity contribution in [1.29, 1.82) is 0 Å². The molecule has 3 aromatic rings. The molecule has 198 valence electrons. The molecule has 0 radical (unpaired) electrons. The number of rotatable bonds is 9. The van der Waals surface area contributed by atoms with Crippen LogP contribution < -0.4 is 19.9 Å². The number of ether oxygens (including phenoxy) is 3. The molecule has 3 aromatic carbocycles. The second kappa shape index (κ2) is 11.2. The van der Waals surface area contributed by atoms with Gasteiger partial charge in [0.05, 0.1) is 36.2 Å². The van der Waals surface area contributed by atoms with E-state index < -0.39 is 0 Å². The topological polar surface area (TPSA) is 86.4 Å². The molecule has 0 saturated carbocycles. The Morgan fingerprint density at radius 2 is 1.68 bits per heavy atom. The lowest BCUT2D eigenvalue weighted by Gasteiger charge is -2.20. The number of hydrogen-bond acceptors (Lipinski definition) is 6. The molecule has 0 aromatic heterocycles. The van der Waals surface area contributed by atoms with E-state index >= 15 is 0 Å². The number of carbonyl (C=O) groups excluding carboxylic acids is 1. The van der Waals surface area contributed by atoms with Crippen molar-refractivity contribution >= 4 is 23.5 Å². The molecule has 38 heavy (non-hydrogen) atoms. The molecule has 1 fully saturated rings. The monoisotopic (exact) mass is 513 g/mol. The Morgan fingerprint density at radius 3 is 2.47 bits per heavy atom. The Kier molecular flexibility index (Phi) is 7.54. The molecule has 0 unspecified atom stereocenters. The number of fused-ring (bicyclic) bond motifs is 2. The number of anilines is 1.